The molecule has 1 saturated carbocycles. The molecule has 1 heterocycles. The number of phenols is 2. The van der Waals surface area contributed by atoms with Crippen molar-refractivity contribution in [2.75, 3.05) is 18.1 Å². The molecular formula is C60H86N12O18S. The monoisotopic (exact) mass is 1290 g/mol. The number of thioether (sulfide) groups is 1. The number of carboxylic acid groups (broad SMARTS) is 2. The van der Waals surface area contributed by atoms with Gasteiger partial charge in [-0.05, 0) is 78.3 Å². The molecular weight excluding hydrogens is 1210 g/mol. The number of aliphatic carboxylic acids is 2. The SMILES string of the molecule is CC(C)C[C@H]1NC(=O)[C@H](CC(C(=O)O)C(=O)O)NC(=O)CSC[C@@H](C(N)=O)NC(=O)[C@H](Cc2ccc(O)cc2)NC(=O)[C@@H](CC(C)(C)C)NC(=O)CNC(=O)[C@@H](C(C)C)NC(=O)[C@H](CC(N)=O)NC(=O)C2(CCCCC2)NC(=O)[C@H](Cc2ccc(O)cc2)NC1=O. The van der Waals surface area contributed by atoms with Crippen molar-refractivity contribution < 1.29 is 87.5 Å². The molecule has 2 fully saturated rings. The van der Waals surface area contributed by atoms with Gasteiger partial charge in [-0.25, -0.2) is 0 Å². The highest BCUT2D eigenvalue weighted by atomic mass is 32.2. The van der Waals surface area contributed by atoms with Gasteiger partial charge in [0.1, 0.15) is 65.4 Å². The number of carboxylic acids is 2. The summed E-state index contributed by atoms with van der Waals surface area (Å²) >= 11 is 0.680. The molecule has 1 aliphatic carbocycles. The molecule has 8 atom stereocenters. The average molecular weight is 1300 g/mol. The van der Waals surface area contributed by atoms with E-state index in [1.165, 1.54) is 48.5 Å². The van der Waals surface area contributed by atoms with Crippen molar-refractivity contribution in [2.24, 2.45) is 34.6 Å². The third-order valence-corrected chi connectivity index (χ3v) is 16.0. The highest BCUT2D eigenvalue weighted by molar-refractivity contribution is 8.00. The largest absolute Gasteiger partial charge is 0.508 e. The molecule has 1 spiro atoms. The predicted octanol–water partition coefficient (Wildman–Crippen LogP) is -1.88. The van der Waals surface area contributed by atoms with E-state index in [0.717, 1.165) is 0 Å². The van der Waals surface area contributed by atoms with E-state index in [1.54, 1.807) is 48.5 Å². The van der Waals surface area contributed by atoms with Gasteiger partial charge in [-0.3, -0.25) is 67.1 Å². The third-order valence-electron chi connectivity index (χ3n) is 14.9. The standard InChI is InChI=1S/C60H86N12O18S/c1-30(2)21-37-49(79)68-39(23-33-13-17-35(74)18-14-33)54(84)72-60(19-9-8-10-20-60)58(90)70-41(25-44(61)75)52(82)71-47(31(3)4)55(85)63-27-45(76)65-42(26-59(5,6)7)53(83)67-38(22-32-11-15-34(73)16-12-32)50(80)69-43(48(62)78)28-91-29-46(77)64-40(51(81)66-37)24-36(56(86)87)57(88)89/h11-18,30-31,36-43,47,73-74H,8-10,19-29H2,1-7H3,(H2,61,75)(H2,62,78)(H,63,85)(H,64,77)(H,65,76)(H,66,81)(H,67,83)(H,68,79)(H,69,80)(H,70,90)(H,71,82)(H,72,84)(H,86,87)(H,88,89)/t37-,38+,39+,40+,41+,42-,43+,47-/m1/s1. The van der Waals surface area contributed by atoms with E-state index < -0.39 is 191 Å². The second kappa shape index (κ2) is 34.2. The fourth-order valence-corrected chi connectivity index (χ4v) is 11.0. The molecule has 2 aromatic carbocycles. The summed E-state index contributed by atoms with van der Waals surface area (Å²) in [5.41, 5.74) is 9.58. The van der Waals surface area contributed by atoms with Crippen molar-refractivity contribution in [3.05, 3.63) is 59.7 Å². The second-order valence-corrected chi connectivity index (χ2v) is 25.8. The molecule has 12 amide bonds. The summed E-state index contributed by atoms with van der Waals surface area (Å²) in [5, 5.41) is 65.1. The Morgan fingerprint density at radius 3 is 1.53 bits per heavy atom. The average Bonchev–Trinajstić information content (AvgIpc) is 0.874. The Balaban J connectivity index is 1.85. The molecule has 2 aromatic rings. The Bertz CT molecular complexity index is 2970. The minimum Gasteiger partial charge on any atom is -0.508 e. The van der Waals surface area contributed by atoms with Crippen LogP contribution in [0.1, 0.15) is 117 Å². The summed E-state index contributed by atoms with van der Waals surface area (Å²) in [6, 6.07) is -1.86. The van der Waals surface area contributed by atoms with Crippen LogP contribution in [0.4, 0.5) is 0 Å². The van der Waals surface area contributed by atoms with Crippen LogP contribution in [0.25, 0.3) is 0 Å². The Morgan fingerprint density at radius 1 is 0.571 bits per heavy atom. The number of carbonyl (C=O) groups is 14. The van der Waals surface area contributed by atoms with Gasteiger partial charge in [-0.1, -0.05) is 92.0 Å². The number of primary amides is 2. The summed E-state index contributed by atoms with van der Waals surface area (Å²) in [4.78, 5) is 193. The van der Waals surface area contributed by atoms with Gasteiger partial charge < -0.3 is 85.1 Å². The molecule has 31 heteroatoms. The quantitative estimate of drug-likeness (QED) is 0.0868. The Kier molecular flexibility index (Phi) is 28.0. The zero-order valence-electron chi connectivity index (χ0n) is 51.9. The van der Waals surface area contributed by atoms with Crippen LogP contribution in [0, 0.1) is 23.2 Å². The summed E-state index contributed by atoms with van der Waals surface area (Å²) < 4.78 is 0. The number of nitrogens with two attached hydrogens (primary N) is 2. The Morgan fingerprint density at radius 2 is 1.04 bits per heavy atom. The normalized spacial score (nSPS) is 23.8. The first kappa shape index (κ1) is 74.4. The Labute approximate surface area is 530 Å². The zero-order valence-corrected chi connectivity index (χ0v) is 52.8. The van der Waals surface area contributed by atoms with Gasteiger partial charge in [0.15, 0.2) is 5.92 Å². The number of amides is 12. The van der Waals surface area contributed by atoms with Crippen LogP contribution in [0.5, 0.6) is 11.5 Å². The van der Waals surface area contributed by atoms with E-state index in [-0.39, 0.29) is 50.0 Å². The maximum Gasteiger partial charge on any atom is 0.317 e. The minimum absolute atomic E-state index is 0.0286. The minimum atomic E-state index is -2.30. The number of rotatable bonds is 15. The summed E-state index contributed by atoms with van der Waals surface area (Å²) in [6.07, 6.45) is -1.43. The fourth-order valence-electron chi connectivity index (χ4n) is 10.1. The smallest absolute Gasteiger partial charge is 0.317 e. The van der Waals surface area contributed by atoms with Crippen LogP contribution in [0.2, 0.25) is 0 Å². The highest BCUT2D eigenvalue weighted by Crippen LogP contribution is 2.30. The van der Waals surface area contributed by atoms with Crippen LogP contribution < -0.4 is 64.6 Å². The van der Waals surface area contributed by atoms with Crippen molar-refractivity contribution in [3.63, 3.8) is 0 Å². The van der Waals surface area contributed by atoms with Crippen molar-refractivity contribution in [1.82, 2.24) is 53.2 Å². The Hall–Kier alpha value is -9.03. The van der Waals surface area contributed by atoms with E-state index in [2.05, 4.69) is 53.2 Å². The first-order chi connectivity index (χ1) is 42.6. The van der Waals surface area contributed by atoms with Gasteiger partial charge in [0.05, 0.1) is 18.7 Å². The molecule has 91 heavy (non-hydrogen) atoms. The van der Waals surface area contributed by atoms with Gasteiger partial charge in [0.2, 0.25) is 70.9 Å². The van der Waals surface area contributed by atoms with E-state index in [1.807, 2.05) is 0 Å². The maximum atomic E-state index is 14.8. The number of hydrogen-bond acceptors (Lipinski definition) is 17. The molecule has 0 bridgehead atoms. The molecule has 18 N–H and O–H groups in total. The lowest BCUT2D eigenvalue weighted by molar-refractivity contribution is -0.155. The van der Waals surface area contributed by atoms with E-state index in [0.29, 0.717) is 42.2 Å². The van der Waals surface area contributed by atoms with Crippen molar-refractivity contribution in [3.8, 4) is 11.5 Å². The summed E-state index contributed by atoms with van der Waals surface area (Å²) in [5.74, 6) is -20.7. The van der Waals surface area contributed by atoms with Crippen molar-refractivity contribution >= 4 is 94.6 Å². The van der Waals surface area contributed by atoms with Gasteiger partial charge >= 0.3 is 11.9 Å². The molecule has 1 saturated heterocycles. The van der Waals surface area contributed by atoms with E-state index in [4.69, 9.17) is 11.5 Å². The highest BCUT2D eigenvalue weighted by Gasteiger charge is 2.45. The van der Waals surface area contributed by atoms with E-state index >= 15 is 0 Å². The van der Waals surface area contributed by atoms with Gasteiger partial charge in [-0.15, -0.1) is 11.8 Å². The predicted molar refractivity (Wildman–Crippen MR) is 328 cm³/mol. The van der Waals surface area contributed by atoms with Crippen LogP contribution in [0.3, 0.4) is 0 Å². The maximum absolute atomic E-state index is 14.8. The van der Waals surface area contributed by atoms with Crippen molar-refractivity contribution in [1.29, 1.82) is 0 Å². The lowest BCUT2D eigenvalue weighted by Crippen LogP contribution is -2.66. The number of nitrogens with one attached hydrogen (secondary N) is 10. The number of benzene rings is 2. The first-order valence-corrected chi connectivity index (χ1v) is 30.9. The molecule has 500 valence electrons. The van der Waals surface area contributed by atoms with Crippen molar-refractivity contribution in [2.45, 2.75) is 173 Å². The number of phenolic OH excluding ortho intramolecular Hbond substituents is 2. The number of aromatic hydroxyl groups is 2. The molecule has 0 aromatic heterocycles. The lowest BCUT2D eigenvalue weighted by atomic mass is 9.80. The van der Waals surface area contributed by atoms with Gasteiger partial charge in [0, 0.05) is 25.0 Å². The van der Waals surface area contributed by atoms with Crippen LogP contribution in [0.15, 0.2) is 48.5 Å². The van der Waals surface area contributed by atoms with Crippen LogP contribution >= 0.6 is 11.8 Å². The number of hydrogen-bond donors (Lipinski definition) is 16. The summed E-state index contributed by atoms with van der Waals surface area (Å²) in [7, 11) is 0. The van der Waals surface area contributed by atoms with Crippen LogP contribution in [-0.4, -0.2) is 175 Å². The molecule has 30 nitrogen and oxygen atoms in total. The molecule has 4 rings (SSSR count). The van der Waals surface area contributed by atoms with E-state index in [9.17, 15) is 87.5 Å². The molecule has 0 radical (unpaired) electrons. The fraction of sp³-hybridized carbons (Fsp3) is 0.567. The number of carbonyl (C=O) groups excluding carboxylic acids is 12. The summed E-state index contributed by atoms with van der Waals surface area (Å²) in [6.45, 7) is 10.9. The van der Waals surface area contributed by atoms with Gasteiger partial charge in [-0.2, -0.15) is 0 Å². The van der Waals surface area contributed by atoms with Gasteiger partial charge in [0.25, 0.3) is 0 Å². The third kappa shape index (κ3) is 24.4. The molecule has 0 unspecified atom stereocenters. The molecule has 1 aliphatic heterocycles. The molecule has 2 aliphatic rings. The van der Waals surface area contributed by atoms with Crippen LogP contribution in [-0.2, 0) is 80.0 Å². The second-order valence-electron chi connectivity index (χ2n) is 24.8. The topological polar surface area (TPSA) is 492 Å². The lowest BCUT2D eigenvalue weighted by Gasteiger charge is -2.39. The zero-order chi connectivity index (χ0) is 68.1. The first-order valence-electron chi connectivity index (χ1n) is 29.7.